The van der Waals surface area contributed by atoms with Gasteiger partial charge in [0, 0.05) is 13.5 Å². The van der Waals surface area contributed by atoms with Crippen LogP contribution in [0.4, 0.5) is 4.79 Å². The minimum absolute atomic E-state index is 0.0998. The SMILES string of the molecule is CCNC(=O)OC[C@H]1O[C@@H](SC)[C@H](OCc2ccccc2)[C@@H](OCc2ccccc2)[C@@H]1OC(C)=O. The summed E-state index contributed by atoms with van der Waals surface area (Å²) in [7, 11) is 0. The lowest BCUT2D eigenvalue weighted by molar-refractivity contribution is -0.245. The van der Waals surface area contributed by atoms with Gasteiger partial charge in [-0.05, 0) is 24.3 Å². The average Bonchev–Trinajstić information content (AvgIpc) is 2.87. The van der Waals surface area contributed by atoms with Crippen molar-refractivity contribution in [2.45, 2.75) is 56.9 Å². The van der Waals surface area contributed by atoms with Crippen LogP contribution in [0.1, 0.15) is 25.0 Å². The molecule has 190 valence electrons. The summed E-state index contributed by atoms with van der Waals surface area (Å²) in [4.78, 5) is 24.0. The zero-order chi connectivity index (χ0) is 25.0. The smallest absolute Gasteiger partial charge is 0.407 e. The molecule has 3 rings (SSSR count). The van der Waals surface area contributed by atoms with Crippen LogP contribution >= 0.6 is 11.8 Å². The summed E-state index contributed by atoms with van der Waals surface area (Å²) in [5, 5.41) is 2.59. The highest BCUT2D eigenvalue weighted by atomic mass is 32.2. The third-order valence-electron chi connectivity index (χ3n) is 5.40. The maximum Gasteiger partial charge on any atom is 0.407 e. The van der Waals surface area contributed by atoms with Crippen LogP contribution in [-0.2, 0) is 41.7 Å². The second-order valence-electron chi connectivity index (χ2n) is 8.00. The number of esters is 1. The summed E-state index contributed by atoms with van der Waals surface area (Å²) >= 11 is 1.46. The first-order valence-electron chi connectivity index (χ1n) is 11.6. The number of ether oxygens (including phenoxy) is 5. The number of alkyl carbamates (subject to hydrolysis) is 1. The second-order valence-corrected chi connectivity index (χ2v) is 8.94. The molecular weight excluding hydrogens is 470 g/mol. The van der Waals surface area contributed by atoms with E-state index in [1.165, 1.54) is 18.7 Å². The Morgan fingerprint density at radius 1 is 0.914 bits per heavy atom. The normalized spacial score (nSPS) is 23.9. The van der Waals surface area contributed by atoms with Crippen molar-refractivity contribution in [3.05, 3.63) is 71.8 Å². The van der Waals surface area contributed by atoms with Gasteiger partial charge >= 0.3 is 12.1 Å². The van der Waals surface area contributed by atoms with Crippen LogP contribution in [0.5, 0.6) is 0 Å². The fourth-order valence-corrected chi connectivity index (χ4v) is 4.54. The van der Waals surface area contributed by atoms with Gasteiger partial charge in [0.2, 0.25) is 0 Å². The summed E-state index contributed by atoms with van der Waals surface area (Å²) in [5.41, 5.74) is 1.53. The van der Waals surface area contributed by atoms with Crippen LogP contribution in [0.15, 0.2) is 60.7 Å². The Kier molecular flexibility index (Phi) is 10.9. The second kappa shape index (κ2) is 14.1. The predicted molar refractivity (Wildman–Crippen MR) is 133 cm³/mol. The Morgan fingerprint density at radius 3 is 2.00 bits per heavy atom. The lowest BCUT2D eigenvalue weighted by Crippen LogP contribution is -2.60. The number of hydrogen-bond donors (Lipinski definition) is 1. The van der Waals surface area contributed by atoms with Crippen molar-refractivity contribution in [1.82, 2.24) is 5.32 Å². The first kappa shape index (κ1) is 27.0. The summed E-state index contributed by atoms with van der Waals surface area (Å²) in [6.07, 6.45) is -1.42. The molecule has 35 heavy (non-hydrogen) atoms. The fourth-order valence-electron chi connectivity index (χ4n) is 3.79. The highest BCUT2D eigenvalue weighted by molar-refractivity contribution is 7.99. The van der Waals surface area contributed by atoms with E-state index in [1.54, 1.807) is 6.92 Å². The molecule has 2 aromatic rings. The van der Waals surface area contributed by atoms with E-state index in [9.17, 15) is 9.59 Å². The molecule has 5 atom stereocenters. The zero-order valence-corrected chi connectivity index (χ0v) is 21.1. The van der Waals surface area contributed by atoms with Crippen molar-refractivity contribution < 1.29 is 33.3 Å². The molecule has 1 aliphatic rings. The van der Waals surface area contributed by atoms with Gasteiger partial charge in [0.1, 0.15) is 30.4 Å². The molecule has 1 N–H and O–H groups in total. The maximum atomic E-state index is 12.1. The van der Waals surface area contributed by atoms with E-state index in [4.69, 9.17) is 23.7 Å². The van der Waals surface area contributed by atoms with Crippen molar-refractivity contribution in [3.8, 4) is 0 Å². The van der Waals surface area contributed by atoms with Gasteiger partial charge < -0.3 is 29.0 Å². The van der Waals surface area contributed by atoms with Crippen molar-refractivity contribution in [3.63, 3.8) is 0 Å². The number of hydrogen-bond acceptors (Lipinski definition) is 8. The maximum absolute atomic E-state index is 12.1. The molecule has 1 amide bonds. The summed E-state index contributed by atoms with van der Waals surface area (Å²) in [5.74, 6) is -0.487. The predicted octanol–water partition coefficient (Wildman–Crippen LogP) is 3.92. The van der Waals surface area contributed by atoms with Crippen LogP contribution in [0.2, 0.25) is 0 Å². The van der Waals surface area contributed by atoms with Crippen LogP contribution < -0.4 is 5.32 Å². The van der Waals surface area contributed by atoms with Crippen molar-refractivity contribution >= 4 is 23.8 Å². The van der Waals surface area contributed by atoms with E-state index >= 15 is 0 Å². The molecular formula is C26H33NO7S. The first-order valence-corrected chi connectivity index (χ1v) is 12.9. The van der Waals surface area contributed by atoms with Crippen molar-refractivity contribution in [2.24, 2.45) is 0 Å². The lowest BCUT2D eigenvalue weighted by Gasteiger charge is -2.45. The van der Waals surface area contributed by atoms with E-state index in [0.717, 1.165) is 11.1 Å². The van der Waals surface area contributed by atoms with Crippen molar-refractivity contribution in [2.75, 3.05) is 19.4 Å². The van der Waals surface area contributed by atoms with Crippen LogP contribution in [0.3, 0.4) is 0 Å². The molecule has 0 aliphatic carbocycles. The van der Waals surface area contributed by atoms with Gasteiger partial charge in [-0.15, -0.1) is 11.8 Å². The number of carbonyl (C=O) groups is 2. The number of nitrogens with one attached hydrogen (secondary N) is 1. The number of thioether (sulfide) groups is 1. The molecule has 0 aromatic heterocycles. The Bertz CT molecular complexity index is 914. The van der Waals surface area contributed by atoms with Crippen LogP contribution in [0.25, 0.3) is 0 Å². The molecule has 0 radical (unpaired) electrons. The number of rotatable bonds is 11. The van der Waals surface area contributed by atoms with Gasteiger partial charge in [-0.3, -0.25) is 4.79 Å². The molecule has 2 aromatic carbocycles. The fraction of sp³-hybridized carbons (Fsp3) is 0.462. The highest BCUT2D eigenvalue weighted by Crippen LogP contribution is 2.34. The van der Waals surface area contributed by atoms with Gasteiger partial charge in [0.25, 0.3) is 0 Å². The molecule has 1 saturated heterocycles. The van der Waals surface area contributed by atoms with Crippen LogP contribution in [0, 0.1) is 0 Å². The monoisotopic (exact) mass is 503 g/mol. The molecule has 8 nitrogen and oxygen atoms in total. The Morgan fingerprint density at radius 2 is 1.49 bits per heavy atom. The lowest BCUT2D eigenvalue weighted by atomic mass is 9.99. The third kappa shape index (κ3) is 8.24. The van der Waals surface area contributed by atoms with Gasteiger partial charge in [-0.25, -0.2) is 4.79 Å². The average molecular weight is 504 g/mol. The first-order chi connectivity index (χ1) is 17.0. The standard InChI is InChI=1S/C26H33NO7S/c1-4-27-26(29)32-17-21-22(33-18(2)28)23(30-15-19-11-7-5-8-12-19)24(25(34-21)35-3)31-16-20-13-9-6-10-14-20/h5-14,21-25H,4,15-17H2,1-3H3,(H,27,29)/t21-,22-,23+,24-,25+/m1/s1. The van der Waals surface area contributed by atoms with E-state index in [2.05, 4.69) is 5.32 Å². The Hall–Kier alpha value is -2.59. The van der Waals surface area contributed by atoms with Gasteiger partial charge in [0.05, 0.1) is 13.2 Å². The minimum atomic E-state index is -0.838. The number of amides is 1. The quantitative estimate of drug-likeness (QED) is 0.462. The molecule has 1 aliphatic heterocycles. The van der Waals surface area contributed by atoms with Crippen LogP contribution in [-0.4, -0.2) is 61.3 Å². The highest BCUT2D eigenvalue weighted by Gasteiger charge is 2.49. The van der Waals surface area contributed by atoms with E-state index in [-0.39, 0.29) is 6.61 Å². The molecule has 1 fully saturated rings. The zero-order valence-electron chi connectivity index (χ0n) is 20.3. The largest absolute Gasteiger partial charge is 0.457 e. The van der Waals surface area contributed by atoms with Gasteiger partial charge in [-0.2, -0.15) is 0 Å². The molecule has 0 spiro atoms. The van der Waals surface area contributed by atoms with Gasteiger partial charge in [0.15, 0.2) is 6.10 Å². The van der Waals surface area contributed by atoms with Crippen molar-refractivity contribution in [1.29, 1.82) is 0 Å². The summed E-state index contributed by atoms with van der Waals surface area (Å²) in [6, 6.07) is 19.5. The number of benzene rings is 2. The van der Waals surface area contributed by atoms with E-state index in [1.807, 2.05) is 66.9 Å². The molecule has 1 heterocycles. The molecule has 0 unspecified atom stereocenters. The number of carbonyl (C=O) groups excluding carboxylic acids is 2. The molecule has 0 saturated carbocycles. The Labute approximate surface area is 210 Å². The topological polar surface area (TPSA) is 92.3 Å². The van der Waals surface area contributed by atoms with Gasteiger partial charge in [-0.1, -0.05) is 60.7 Å². The Balaban J connectivity index is 1.84. The molecule has 0 bridgehead atoms. The summed E-state index contributed by atoms with van der Waals surface area (Å²) in [6.45, 7) is 4.09. The van der Waals surface area contributed by atoms with E-state index in [0.29, 0.717) is 19.8 Å². The third-order valence-corrected chi connectivity index (χ3v) is 6.24. The van der Waals surface area contributed by atoms with E-state index < -0.39 is 41.9 Å². The molecule has 9 heteroatoms. The minimum Gasteiger partial charge on any atom is -0.457 e. The summed E-state index contributed by atoms with van der Waals surface area (Å²) < 4.78 is 29.9.